The van der Waals surface area contributed by atoms with Crippen LogP contribution in [0.15, 0.2) is 18.2 Å². The van der Waals surface area contributed by atoms with Crippen LogP contribution in [0.25, 0.3) is 0 Å². The van der Waals surface area contributed by atoms with Crippen molar-refractivity contribution in [1.82, 2.24) is 10.9 Å². The SMILES string of the molecule is NCCNNCc1cc(Cl)cc(Cl)c1. The van der Waals surface area contributed by atoms with Gasteiger partial charge in [0.05, 0.1) is 0 Å². The molecule has 0 atom stereocenters. The van der Waals surface area contributed by atoms with Crippen LogP contribution in [0, 0.1) is 0 Å². The minimum absolute atomic E-state index is 0.600. The normalized spacial score (nSPS) is 10.5. The van der Waals surface area contributed by atoms with Gasteiger partial charge < -0.3 is 5.73 Å². The van der Waals surface area contributed by atoms with Crippen molar-refractivity contribution in [3.8, 4) is 0 Å². The van der Waals surface area contributed by atoms with Gasteiger partial charge in [-0.05, 0) is 23.8 Å². The van der Waals surface area contributed by atoms with Gasteiger partial charge in [-0.3, -0.25) is 10.9 Å². The molecule has 0 amide bonds. The first-order valence-corrected chi connectivity index (χ1v) is 5.08. The molecule has 0 radical (unpaired) electrons. The molecule has 1 aromatic rings. The summed E-state index contributed by atoms with van der Waals surface area (Å²) in [7, 11) is 0. The van der Waals surface area contributed by atoms with Gasteiger partial charge in [0.2, 0.25) is 0 Å². The van der Waals surface area contributed by atoms with Crippen molar-refractivity contribution in [2.75, 3.05) is 13.1 Å². The summed E-state index contributed by atoms with van der Waals surface area (Å²) in [4.78, 5) is 0. The first-order valence-electron chi connectivity index (χ1n) is 4.33. The van der Waals surface area contributed by atoms with Crippen LogP contribution in [-0.2, 0) is 6.54 Å². The van der Waals surface area contributed by atoms with E-state index in [-0.39, 0.29) is 0 Å². The number of benzene rings is 1. The molecular formula is C9H13Cl2N3. The molecule has 0 fully saturated rings. The highest BCUT2D eigenvalue weighted by Gasteiger charge is 1.97. The van der Waals surface area contributed by atoms with Crippen LogP contribution in [0.4, 0.5) is 0 Å². The fourth-order valence-corrected chi connectivity index (χ4v) is 1.61. The standard InChI is InChI=1S/C9H13Cl2N3/c10-8-3-7(4-9(11)5-8)6-14-13-2-1-12/h3-5,13-14H,1-2,6,12H2. The Morgan fingerprint density at radius 2 is 1.71 bits per heavy atom. The second kappa shape index (κ2) is 6.22. The molecule has 1 rings (SSSR count). The number of rotatable bonds is 5. The monoisotopic (exact) mass is 233 g/mol. The summed E-state index contributed by atoms with van der Waals surface area (Å²) >= 11 is 11.7. The number of nitrogens with one attached hydrogen (secondary N) is 2. The number of hydrogen-bond acceptors (Lipinski definition) is 3. The molecule has 0 unspecified atom stereocenters. The van der Waals surface area contributed by atoms with E-state index in [9.17, 15) is 0 Å². The van der Waals surface area contributed by atoms with E-state index in [1.165, 1.54) is 0 Å². The predicted molar refractivity (Wildman–Crippen MR) is 60.4 cm³/mol. The first kappa shape index (κ1) is 11.8. The lowest BCUT2D eigenvalue weighted by Gasteiger charge is -2.06. The molecule has 0 saturated heterocycles. The van der Waals surface area contributed by atoms with Crippen LogP contribution in [0.5, 0.6) is 0 Å². The molecule has 3 nitrogen and oxygen atoms in total. The van der Waals surface area contributed by atoms with Gasteiger partial charge in [0, 0.05) is 29.7 Å². The van der Waals surface area contributed by atoms with E-state index >= 15 is 0 Å². The third-order valence-electron chi connectivity index (χ3n) is 1.61. The Balaban J connectivity index is 2.42. The molecule has 0 heterocycles. The number of hydrogen-bond donors (Lipinski definition) is 3. The van der Waals surface area contributed by atoms with E-state index in [1.54, 1.807) is 6.07 Å². The summed E-state index contributed by atoms with van der Waals surface area (Å²) in [6.07, 6.45) is 0. The van der Waals surface area contributed by atoms with Crippen molar-refractivity contribution >= 4 is 23.2 Å². The topological polar surface area (TPSA) is 50.1 Å². The first-order chi connectivity index (χ1) is 6.72. The summed E-state index contributed by atoms with van der Waals surface area (Å²) in [6.45, 7) is 2.00. The zero-order valence-corrected chi connectivity index (χ0v) is 9.20. The average molecular weight is 234 g/mol. The molecule has 0 aromatic heterocycles. The molecule has 78 valence electrons. The molecule has 14 heavy (non-hydrogen) atoms. The Kier molecular flexibility index (Phi) is 5.22. The van der Waals surface area contributed by atoms with E-state index < -0.39 is 0 Å². The lowest BCUT2D eigenvalue weighted by Crippen LogP contribution is -2.35. The highest BCUT2D eigenvalue weighted by atomic mass is 35.5. The fraction of sp³-hybridized carbons (Fsp3) is 0.333. The van der Waals surface area contributed by atoms with E-state index in [2.05, 4.69) is 10.9 Å². The van der Waals surface area contributed by atoms with Crippen molar-refractivity contribution in [3.05, 3.63) is 33.8 Å². The van der Waals surface area contributed by atoms with Crippen LogP contribution in [0.2, 0.25) is 10.0 Å². The van der Waals surface area contributed by atoms with Gasteiger partial charge in [0.1, 0.15) is 0 Å². The van der Waals surface area contributed by atoms with Crippen LogP contribution >= 0.6 is 23.2 Å². The van der Waals surface area contributed by atoms with Crippen LogP contribution < -0.4 is 16.6 Å². The highest BCUT2D eigenvalue weighted by Crippen LogP contribution is 2.18. The van der Waals surface area contributed by atoms with Crippen LogP contribution in [0.1, 0.15) is 5.56 Å². The molecule has 0 bridgehead atoms. The van der Waals surface area contributed by atoms with Gasteiger partial charge in [-0.15, -0.1) is 0 Å². The summed E-state index contributed by atoms with van der Waals surface area (Å²) < 4.78 is 0. The van der Waals surface area contributed by atoms with Gasteiger partial charge in [0.15, 0.2) is 0 Å². The van der Waals surface area contributed by atoms with Gasteiger partial charge in [-0.2, -0.15) is 0 Å². The second-order valence-electron chi connectivity index (χ2n) is 2.85. The molecule has 5 heteroatoms. The van der Waals surface area contributed by atoms with Gasteiger partial charge in [0.25, 0.3) is 0 Å². The van der Waals surface area contributed by atoms with Crippen molar-refractivity contribution in [3.63, 3.8) is 0 Å². The maximum atomic E-state index is 5.84. The van der Waals surface area contributed by atoms with Crippen molar-refractivity contribution in [2.24, 2.45) is 5.73 Å². The fourth-order valence-electron chi connectivity index (χ4n) is 1.04. The molecule has 4 N–H and O–H groups in total. The smallest absolute Gasteiger partial charge is 0.0424 e. The quantitative estimate of drug-likeness (QED) is 0.535. The van der Waals surface area contributed by atoms with Crippen LogP contribution in [-0.4, -0.2) is 13.1 Å². The Morgan fingerprint density at radius 3 is 2.29 bits per heavy atom. The van der Waals surface area contributed by atoms with E-state index in [0.29, 0.717) is 23.1 Å². The second-order valence-corrected chi connectivity index (χ2v) is 3.72. The largest absolute Gasteiger partial charge is 0.329 e. The molecule has 1 aromatic carbocycles. The molecule has 0 aliphatic rings. The summed E-state index contributed by atoms with van der Waals surface area (Å²) in [6, 6.07) is 5.44. The minimum atomic E-state index is 0.600. The molecule has 0 saturated carbocycles. The van der Waals surface area contributed by atoms with Crippen molar-refractivity contribution in [1.29, 1.82) is 0 Å². The van der Waals surface area contributed by atoms with Crippen molar-refractivity contribution < 1.29 is 0 Å². The van der Waals surface area contributed by atoms with Gasteiger partial charge in [-0.1, -0.05) is 23.2 Å². The van der Waals surface area contributed by atoms with Gasteiger partial charge in [-0.25, -0.2) is 0 Å². The molecular weight excluding hydrogens is 221 g/mol. The van der Waals surface area contributed by atoms with Crippen LogP contribution in [0.3, 0.4) is 0 Å². The summed E-state index contributed by atoms with van der Waals surface area (Å²) in [5, 5.41) is 1.29. The Bertz CT molecular complexity index is 271. The zero-order valence-electron chi connectivity index (χ0n) is 7.69. The lowest BCUT2D eigenvalue weighted by molar-refractivity contribution is 0.538. The van der Waals surface area contributed by atoms with Crippen molar-refractivity contribution in [2.45, 2.75) is 6.54 Å². The Hall–Kier alpha value is -0.320. The molecule has 0 aliphatic carbocycles. The third-order valence-corrected chi connectivity index (χ3v) is 2.05. The average Bonchev–Trinajstić information content (AvgIpc) is 2.11. The maximum Gasteiger partial charge on any atom is 0.0424 e. The number of hydrazine groups is 1. The molecule has 0 aliphatic heterocycles. The maximum absolute atomic E-state index is 5.84. The Morgan fingerprint density at radius 1 is 1.07 bits per heavy atom. The third kappa shape index (κ3) is 4.26. The highest BCUT2D eigenvalue weighted by molar-refractivity contribution is 6.34. The minimum Gasteiger partial charge on any atom is -0.329 e. The Labute approximate surface area is 93.5 Å². The zero-order chi connectivity index (χ0) is 10.4. The van der Waals surface area contributed by atoms with E-state index in [4.69, 9.17) is 28.9 Å². The van der Waals surface area contributed by atoms with Gasteiger partial charge >= 0.3 is 0 Å². The predicted octanol–water partition coefficient (Wildman–Crippen LogP) is 1.55. The van der Waals surface area contributed by atoms with E-state index in [0.717, 1.165) is 12.1 Å². The lowest BCUT2D eigenvalue weighted by atomic mass is 10.2. The van der Waals surface area contributed by atoms with E-state index in [1.807, 2.05) is 12.1 Å². The summed E-state index contributed by atoms with van der Waals surface area (Å²) in [5.41, 5.74) is 12.3. The number of halogens is 2. The summed E-state index contributed by atoms with van der Waals surface area (Å²) in [5.74, 6) is 0. The molecule has 0 spiro atoms. The number of nitrogens with two attached hydrogens (primary N) is 1.